The molecule has 2 aromatic rings. The van der Waals surface area contributed by atoms with E-state index in [0.717, 1.165) is 19.8 Å². The molecular weight excluding hydrogens is 416 g/mol. The number of hydrogen-bond donors (Lipinski definition) is 0. The Morgan fingerprint density at radius 3 is 2.41 bits per heavy atom. The van der Waals surface area contributed by atoms with Crippen LogP contribution < -0.4 is 4.74 Å². The van der Waals surface area contributed by atoms with E-state index >= 15 is 0 Å². The number of alkyl halides is 1. The van der Waals surface area contributed by atoms with E-state index in [9.17, 15) is 0 Å². The minimum absolute atomic E-state index is 0.331. The van der Waals surface area contributed by atoms with E-state index < -0.39 is 0 Å². The third-order valence-electron chi connectivity index (χ3n) is 1.93. The quantitative estimate of drug-likeness (QED) is 0.673. The molecule has 0 radical (unpaired) electrons. The zero-order valence-corrected chi connectivity index (χ0v) is 13.3. The molecule has 0 unspecified atom stereocenters. The molecule has 0 saturated heterocycles. The fourth-order valence-electron chi connectivity index (χ4n) is 1.12. The SMILES string of the molecule is BrCc1cnc(Oc2ccc(Br)cc2Br)nc1. The number of halogens is 3. The summed E-state index contributed by atoms with van der Waals surface area (Å²) in [5.41, 5.74) is 1.01. The summed E-state index contributed by atoms with van der Waals surface area (Å²) in [6, 6.07) is 5.98. The molecule has 17 heavy (non-hydrogen) atoms. The van der Waals surface area contributed by atoms with Crippen LogP contribution in [0.3, 0.4) is 0 Å². The molecule has 1 aromatic heterocycles. The van der Waals surface area contributed by atoms with Gasteiger partial charge in [0.1, 0.15) is 5.75 Å². The van der Waals surface area contributed by atoms with Crippen molar-refractivity contribution in [3.63, 3.8) is 0 Å². The first-order valence-electron chi connectivity index (χ1n) is 4.69. The van der Waals surface area contributed by atoms with Gasteiger partial charge < -0.3 is 4.74 Å². The summed E-state index contributed by atoms with van der Waals surface area (Å²) in [6.07, 6.45) is 3.45. The molecule has 0 spiro atoms. The molecular formula is C11H7Br3N2O. The van der Waals surface area contributed by atoms with Crippen molar-refractivity contribution in [1.29, 1.82) is 0 Å². The van der Waals surface area contributed by atoms with Gasteiger partial charge in [-0.2, -0.15) is 0 Å². The topological polar surface area (TPSA) is 35.0 Å². The Morgan fingerprint density at radius 1 is 1.12 bits per heavy atom. The Hall–Kier alpha value is -0.460. The third-order valence-corrected chi connectivity index (χ3v) is 3.69. The maximum absolute atomic E-state index is 5.56. The molecule has 0 atom stereocenters. The maximum atomic E-state index is 5.56. The molecule has 1 heterocycles. The van der Waals surface area contributed by atoms with Crippen LogP contribution in [-0.4, -0.2) is 9.97 Å². The average molecular weight is 423 g/mol. The fraction of sp³-hybridized carbons (Fsp3) is 0.0909. The van der Waals surface area contributed by atoms with Crippen LogP contribution in [0.2, 0.25) is 0 Å². The van der Waals surface area contributed by atoms with E-state index in [1.807, 2.05) is 18.2 Å². The van der Waals surface area contributed by atoms with Crippen molar-refractivity contribution in [1.82, 2.24) is 9.97 Å². The van der Waals surface area contributed by atoms with Crippen molar-refractivity contribution in [2.24, 2.45) is 0 Å². The smallest absolute Gasteiger partial charge is 0.321 e. The van der Waals surface area contributed by atoms with Gasteiger partial charge in [0, 0.05) is 22.2 Å². The lowest BCUT2D eigenvalue weighted by molar-refractivity contribution is 0.438. The van der Waals surface area contributed by atoms with Crippen molar-refractivity contribution >= 4 is 47.8 Å². The van der Waals surface area contributed by atoms with Gasteiger partial charge in [0.2, 0.25) is 0 Å². The number of ether oxygens (including phenoxy) is 1. The van der Waals surface area contributed by atoms with Crippen LogP contribution >= 0.6 is 47.8 Å². The maximum Gasteiger partial charge on any atom is 0.321 e. The van der Waals surface area contributed by atoms with Gasteiger partial charge in [-0.1, -0.05) is 31.9 Å². The zero-order chi connectivity index (χ0) is 12.3. The number of rotatable bonds is 3. The normalized spacial score (nSPS) is 10.3. The van der Waals surface area contributed by atoms with Crippen molar-refractivity contribution < 1.29 is 4.74 Å². The van der Waals surface area contributed by atoms with E-state index in [4.69, 9.17) is 4.74 Å². The molecule has 0 aliphatic rings. The summed E-state index contributed by atoms with van der Waals surface area (Å²) in [5, 5.41) is 0.731. The second-order valence-electron chi connectivity index (χ2n) is 3.18. The molecule has 1 aromatic carbocycles. The van der Waals surface area contributed by atoms with Gasteiger partial charge in [-0.25, -0.2) is 9.97 Å². The number of hydrogen-bond acceptors (Lipinski definition) is 3. The standard InChI is InChI=1S/C11H7Br3N2O/c12-4-7-5-15-11(16-6-7)17-10-2-1-8(13)3-9(10)14/h1-3,5-6H,4H2. The molecule has 3 nitrogen and oxygen atoms in total. The molecule has 0 saturated carbocycles. The summed E-state index contributed by atoms with van der Waals surface area (Å²) < 4.78 is 7.38. The lowest BCUT2D eigenvalue weighted by Crippen LogP contribution is -1.93. The molecule has 0 bridgehead atoms. The lowest BCUT2D eigenvalue weighted by Gasteiger charge is -2.06. The first-order valence-corrected chi connectivity index (χ1v) is 7.39. The van der Waals surface area contributed by atoms with Crippen molar-refractivity contribution in [3.05, 3.63) is 45.1 Å². The molecule has 0 aliphatic heterocycles. The first-order chi connectivity index (χ1) is 8.19. The van der Waals surface area contributed by atoms with Crippen LogP contribution in [0.4, 0.5) is 0 Å². The predicted octanol–water partition coefficient (Wildman–Crippen LogP) is 4.69. The van der Waals surface area contributed by atoms with Crippen LogP contribution in [0.5, 0.6) is 11.8 Å². The van der Waals surface area contributed by atoms with Gasteiger partial charge in [0.05, 0.1) is 4.47 Å². The number of aromatic nitrogens is 2. The van der Waals surface area contributed by atoms with Crippen LogP contribution in [0.1, 0.15) is 5.56 Å². The zero-order valence-electron chi connectivity index (χ0n) is 8.53. The molecule has 2 rings (SSSR count). The van der Waals surface area contributed by atoms with Gasteiger partial charge in [0.25, 0.3) is 0 Å². The molecule has 88 valence electrons. The van der Waals surface area contributed by atoms with Gasteiger partial charge in [-0.3, -0.25) is 0 Å². The number of nitrogens with zero attached hydrogens (tertiary/aromatic N) is 2. The molecule has 6 heteroatoms. The van der Waals surface area contributed by atoms with E-state index in [2.05, 4.69) is 57.8 Å². The second-order valence-corrected chi connectivity index (χ2v) is 5.52. The molecule has 0 aliphatic carbocycles. The fourth-order valence-corrected chi connectivity index (χ4v) is 2.54. The molecule has 0 fully saturated rings. The Labute approximate surface area is 124 Å². The van der Waals surface area contributed by atoms with Crippen LogP contribution in [0.15, 0.2) is 39.5 Å². The van der Waals surface area contributed by atoms with Gasteiger partial charge in [-0.05, 0) is 39.7 Å². The third kappa shape index (κ3) is 3.50. The summed E-state index contributed by atoms with van der Waals surface area (Å²) in [6.45, 7) is 0. The Kier molecular flexibility index (Phi) is 4.53. The van der Waals surface area contributed by atoms with Crippen molar-refractivity contribution in [3.8, 4) is 11.8 Å². The minimum Gasteiger partial charge on any atom is -0.423 e. The largest absolute Gasteiger partial charge is 0.423 e. The lowest BCUT2D eigenvalue weighted by atomic mass is 10.3. The second kappa shape index (κ2) is 5.93. The van der Waals surface area contributed by atoms with Crippen molar-refractivity contribution in [2.75, 3.05) is 0 Å². The van der Waals surface area contributed by atoms with Gasteiger partial charge in [0.15, 0.2) is 0 Å². The van der Waals surface area contributed by atoms with E-state index in [1.165, 1.54) is 0 Å². The Bertz CT molecular complexity index is 517. The minimum atomic E-state index is 0.331. The summed E-state index contributed by atoms with van der Waals surface area (Å²) in [7, 11) is 0. The van der Waals surface area contributed by atoms with Crippen LogP contribution in [0, 0.1) is 0 Å². The summed E-state index contributed by atoms with van der Waals surface area (Å²) in [4.78, 5) is 8.22. The van der Waals surface area contributed by atoms with Crippen LogP contribution in [0.25, 0.3) is 0 Å². The van der Waals surface area contributed by atoms with E-state index in [-0.39, 0.29) is 0 Å². The molecule has 0 N–H and O–H groups in total. The highest BCUT2D eigenvalue weighted by Gasteiger charge is 2.05. The Balaban J connectivity index is 2.19. The molecule has 0 amide bonds. The highest BCUT2D eigenvalue weighted by atomic mass is 79.9. The van der Waals surface area contributed by atoms with Gasteiger partial charge >= 0.3 is 6.01 Å². The highest BCUT2D eigenvalue weighted by molar-refractivity contribution is 9.11. The first kappa shape index (κ1) is 13.0. The van der Waals surface area contributed by atoms with Crippen LogP contribution in [-0.2, 0) is 5.33 Å². The summed E-state index contributed by atoms with van der Waals surface area (Å²) in [5.74, 6) is 0.680. The number of benzene rings is 1. The highest BCUT2D eigenvalue weighted by Crippen LogP contribution is 2.30. The van der Waals surface area contributed by atoms with E-state index in [1.54, 1.807) is 12.4 Å². The average Bonchev–Trinajstić information content (AvgIpc) is 2.34. The predicted molar refractivity (Wildman–Crippen MR) is 76.6 cm³/mol. The van der Waals surface area contributed by atoms with Crippen molar-refractivity contribution in [2.45, 2.75) is 5.33 Å². The monoisotopic (exact) mass is 420 g/mol. The van der Waals surface area contributed by atoms with E-state index in [0.29, 0.717) is 11.8 Å². The Morgan fingerprint density at radius 2 is 1.82 bits per heavy atom. The summed E-state index contributed by atoms with van der Waals surface area (Å²) >= 11 is 10.1. The van der Waals surface area contributed by atoms with Gasteiger partial charge in [-0.15, -0.1) is 0 Å².